The molecular formula is C11H12BrNO3S2. The van der Waals surface area contributed by atoms with E-state index in [1.807, 2.05) is 13.0 Å². The van der Waals surface area contributed by atoms with E-state index in [9.17, 15) is 8.42 Å². The van der Waals surface area contributed by atoms with Crippen molar-refractivity contribution >= 4 is 37.3 Å². The second kappa shape index (κ2) is 5.56. The summed E-state index contributed by atoms with van der Waals surface area (Å²) in [5.41, 5.74) is 0.970. The lowest BCUT2D eigenvalue weighted by molar-refractivity contribution is 0.550. The number of sulfonamides is 1. The molecule has 0 aliphatic heterocycles. The monoisotopic (exact) mass is 349 g/mol. The predicted molar refractivity (Wildman–Crippen MR) is 74.2 cm³/mol. The normalized spacial score (nSPS) is 13.7. The lowest BCUT2D eigenvalue weighted by atomic mass is 10.1. The van der Waals surface area contributed by atoms with Gasteiger partial charge in [0.2, 0.25) is 10.0 Å². The Morgan fingerprint density at radius 3 is 2.78 bits per heavy atom. The molecule has 1 atom stereocenters. The number of furan rings is 1. The zero-order chi connectivity index (χ0) is 13.2. The number of rotatable bonds is 5. The van der Waals surface area contributed by atoms with Crippen molar-refractivity contribution in [2.24, 2.45) is 0 Å². The first-order chi connectivity index (χ1) is 8.47. The van der Waals surface area contributed by atoms with Gasteiger partial charge in [-0.05, 0) is 53.0 Å². The Bertz CT molecular complexity index is 604. The first kappa shape index (κ1) is 13.8. The minimum Gasteiger partial charge on any atom is -0.472 e. The molecule has 1 unspecified atom stereocenters. The molecule has 2 aromatic heterocycles. The smallest absolute Gasteiger partial charge is 0.250 e. The van der Waals surface area contributed by atoms with Crippen molar-refractivity contribution in [1.82, 2.24) is 4.72 Å². The third-order valence-corrected chi connectivity index (χ3v) is 6.00. The Balaban J connectivity index is 2.04. The van der Waals surface area contributed by atoms with E-state index in [-0.39, 0.29) is 6.04 Å². The molecule has 0 aliphatic rings. The van der Waals surface area contributed by atoms with Gasteiger partial charge in [-0.2, -0.15) is 0 Å². The van der Waals surface area contributed by atoms with Gasteiger partial charge in [0.25, 0.3) is 0 Å². The van der Waals surface area contributed by atoms with E-state index >= 15 is 0 Å². The second-order valence-electron chi connectivity index (χ2n) is 3.92. The van der Waals surface area contributed by atoms with Crippen LogP contribution in [-0.2, 0) is 16.4 Å². The maximum absolute atomic E-state index is 12.0. The van der Waals surface area contributed by atoms with Gasteiger partial charge in [-0.1, -0.05) is 0 Å². The molecule has 0 spiro atoms. The third kappa shape index (κ3) is 3.44. The van der Waals surface area contributed by atoms with Gasteiger partial charge in [0.15, 0.2) is 0 Å². The van der Waals surface area contributed by atoms with Crippen LogP contribution in [0.5, 0.6) is 0 Å². The van der Waals surface area contributed by atoms with Gasteiger partial charge in [-0.3, -0.25) is 0 Å². The highest BCUT2D eigenvalue weighted by Crippen LogP contribution is 2.26. The third-order valence-electron chi connectivity index (χ3n) is 2.29. The highest BCUT2D eigenvalue weighted by molar-refractivity contribution is 9.11. The topological polar surface area (TPSA) is 59.3 Å². The van der Waals surface area contributed by atoms with Gasteiger partial charge >= 0.3 is 0 Å². The molecule has 0 fully saturated rings. The van der Waals surface area contributed by atoms with Crippen LogP contribution < -0.4 is 4.72 Å². The Kier molecular flexibility index (Phi) is 4.26. The Labute approximate surface area is 118 Å². The van der Waals surface area contributed by atoms with Crippen LogP contribution in [0.4, 0.5) is 0 Å². The Hall–Kier alpha value is -0.630. The van der Waals surface area contributed by atoms with Gasteiger partial charge in [0.05, 0.1) is 16.3 Å². The molecule has 0 bridgehead atoms. The summed E-state index contributed by atoms with van der Waals surface area (Å²) in [5.74, 6) is 0. The summed E-state index contributed by atoms with van der Waals surface area (Å²) in [6.07, 6.45) is 3.79. The minimum atomic E-state index is -3.43. The molecule has 7 heteroatoms. The van der Waals surface area contributed by atoms with E-state index in [1.165, 1.54) is 11.3 Å². The summed E-state index contributed by atoms with van der Waals surface area (Å²) in [7, 11) is -3.43. The molecule has 18 heavy (non-hydrogen) atoms. The van der Waals surface area contributed by atoms with E-state index in [0.717, 1.165) is 9.35 Å². The summed E-state index contributed by atoms with van der Waals surface area (Å²) >= 11 is 4.45. The summed E-state index contributed by atoms with van der Waals surface area (Å²) in [6.45, 7) is 1.83. The van der Waals surface area contributed by atoms with Crippen LogP contribution in [-0.4, -0.2) is 14.5 Å². The van der Waals surface area contributed by atoms with Crippen molar-refractivity contribution in [3.63, 3.8) is 0 Å². The predicted octanol–water partition coefficient (Wildman–Crippen LogP) is 3.01. The van der Waals surface area contributed by atoms with Crippen molar-refractivity contribution in [2.75, 3.05) is 0 Å². The minimum absolute atomic E-state index is 0.187. The molecule has 1 N–H and O–H groups in total. The van der Waals surface area contributed by atoms with Crippen molar-refractivity contribution in [1.29, 1.82) is 0 Å². The molecule has 98 valence electrons. The maximum Gasteiger partial charge on any atom is 0.250 e. The first-order valence-electron chi connectivity index (χ1n) is 5.26. The van der Waals surface area contributed by atoms with Crippen molar-refractivity contribution in [3.05, 3.63) is 40.1 Å². The van der Waals surface area contributed by atoms with E-state index < -0.39 is 10.0 Å². The molecule has 0 radical (unpaired) electrons. The molecule has 0 saturated carbocycles. The zero-order valence-electron chi connectivity index (χ0n) is 9.59. The van der Waals surface area contributed by atoms with Crippen LogP contribution in [0, 0.1) is 0 Å². The standard InChI is InChI=1S/C11H12BrNO3S2/c1-8(6-9-4-5-16-7-9)13-18(14,15)11-3-2-10(12)17-11/h2-5,7-8,13H,6H2,1H3. The molecule has 2 rings (SSSR count). The molecule has 2 heterocycles. The molecule has 2 aromatic rings. The van der Waals surface area contributed by atoms with Crippen LogP contribution in [0.25, 0.3) is 0 Å². The van der Waals surface area contributed by atoms with E-state index in [4.69, 9.17) is 4.42 Å². The van der Waals surface area contributed by atoms with Gasteiger partial charge in [-0.25, -0.2) is 13.1 Å². The fraction of sp³-hybridized carbons (Fsp3) is 0.273. The molecular weight excluding hydrogens is 338 g/mol. The molecule has 4 nitrogen and oxygen atoms in total. The summed E-state index contributed by atoms with van der Waals surface area (Å²) in [5, 5.41) is 0. The van der Waals surface area contributed by atoms with Gasteiger partial charge in [-0.15, -0.1) is 11.3 Å². The first-order valence-corrected chi connectivity index (χ1v) is 8.35. The van der Waals surface area contributed by atoms with Crippen LogP contribution >= 0.6 is 27.3 Å². The lowest BCUT2D eigenvalue weighted by Crippen LogP contribution is -2.33. The molecule has 0 saturated heterocycles. The van der Waals surface area contributed by atoms with Crippen LogP contribution in [0.3, 0.4) is 0 Å². The highest BCUT2D eigenvalue weighted by atomic mass is 79.9. The number of hydrogen-bond acceptors (Lipinski definition) is 4. The SMILES string of the molecule is CC(Cc1ccoc1)NS(=O)(=O)c1ccc(Br)s1. The van der Waals surface area contributed by atoms with Gasteiger partial charge < -0.3 is 4.42 Å². The lowest BCUT2D eigenvalue weighted by Gasteiger charge is -2.12. The largest absolute Gasteiger partial charge is 0.472 e. The molecule has 0 aliphatic carbocycles. The van der Waals surface area contributed by atoms with Crippen molar-refractivity contribution in [3.8, 4) is 0 Å². The summed E-state index contributed by atoms with van der Waals surface area (Å²) in [4.78, 5) is 0. The molecule has 0 aromatic carbocycles. The summed E-state index contributed by atoms with van der Waals surface area (Å²) < 4.78 is 32.8. The number of thiophene rings is 1. The Morgan fingerprint density at radius 1 is 1.44 bits per heavy atom. The average Bonchev–Trinajstić information content (AvgIpc) is 2.88. The van der Waals surface area contributed by atoms with Crippen molar-refractivity contribution < 1.29 is 12.8 Å². The van der Waals surface area contributed by atoms with Crippen LogP contribution in [0.2, 0.25) is 0 Å². The van der Waals surface area contributed by atoms with Crippen LogP contribution in [0.15, 0.2) is 43.1 Å². The second-order valence-corrected chi connectivity index (χ2v) is 8.32. The number of hydrogen-bond donors (Lipinski definition) is 1. The maximum atomic E-state index is 12.0. The fourth-order valence-electron chi connectivity index (χ4n) is 1.57. The number of halogens is 1. The zero-order valence-corrected chi connectivity index (χ0v) is 12.8. The average molecular weight is 350 g/mol. The summed E-state index contributed by atoms with van der Waals surface area (Å²) in [6, 6.07) is 4.95. The van der Waals surface area contributed by atoms with Gasteiger partial charge in [0, 0.05) is 6.04 Å². The quantitative estimate of drug-likeness (QED) is 0.902. The van der Waals surface area contributed by atoms with E-state index in [0.29, 0.717) is 10.6 Å². The van der Waals surface area contributed by atoms with Gasteiger partial charge in [0.1, 0.15) is 4.21 Å². The highest BCUT2D eigenvalue weighted by Gasteiger charge is 2.19. The van der Waals surface area contributed by atoms with Crippen molar-refractivity contribution in [2.45, 2.75) is 23.6 Å². The van der Waals surface area contributed by atoms with E-state index in [2.05, 4.69) is 20.7 Å². The fourth-order valence-corrected chi connectivity index (χ4v) is 4.84. The number of nitrogens with one attached hydrogen (secondary N) is 1. The Morgan fingerprint density at radius 2 is 2.22 bits per heavy atom. The van der Waals surface area contributed by atoms with Crippen LogP contribution in [0.1, 0.15) is 12.5 Å². The molecule has 0 amide bonds. The van der Waals surface area contributed by atoms with E-state index in [1.54, 1.807) is 24.7 Å².